The van der Waals surface area contributed by atoms with E-state index >= 15 is 0 Å². The Morgan fingerprint density at radius 2 is 1.05 bits per heavy atom. The van der Waals surface area contributed by atoms with Crippen molar-refractivity contribution in [2.75, 3.05) is 45.8 Å². The van der Waals surface area contributed by atoms with E-state index < -0.39 is 144 Å². The molecular weight excluding hydrogens is 1390 g/mol. The number of likely N-dealkylation sites (tertiary alicyclic amines) is 2. The van der Waals surface area contributed by atoms with E-state index in [9.17, 15) is 81.0 Å². The van der Waals surface area contributed by atoms with Gasteiger partial charge in [-0.2, -0.15) is 35.1 Å². The Morgan fingerprint density at radius 3 is 1.46 bits per heavy atom. The molecular formula is C74H112F13N5O10Si. The zero-order valence-electron chi connectivity index (χ0n) is 64.1. The summed E-state index contributed by atoms with van der Waals surface area (Å²) in [7, 11) is -0.794. The van der Waals surface area contributed by atoms with Gasteiger partial charge in [-0.15, -0.1) is 0 Å². The second-order valence-corrected chi connectivity index (χ2v) is 35.5. The maximum absolute atomic E-state index is 13.6. The summed E-state index contributed by atoms with van der Waals surface area (Å²) in [4.78, 5) is 69.9. The molecule has 0 aliphatic carbocycles. The number of amides is 2. The van der Waals surface area contributed by atoms with Crippen LogP contribution in [0.15, 0.2) is 48.5 Å². The number of para-hydroxylation sites is 2. The molecule has 3 atom stereocenters. The molecule has 3 unspecified atom stereocenters. The van der Waals surface area contributed by atoms with Gasteiger partial charge in [0.2, 0.25) is 5.82 Å². The summed E-state index contributed by atoms with van der Waals surface area (Å²) in [5, 5.41) is 0. The van der Waals surface area contributed by atoms with Crippen LogP contribution in [-0.4, -0.2) is 156 Å². The van der Waals surface area contributed by atoms with Gasteiger partial charge < -0.3 is 43.4 Å². The molecule has 0 bridgehead atoms. The molecule has 2 aliphatic heterocycles. The van der Waals surface area contributed by atoms with Crippen LogP contribution >= 0.6 is 0 Å². The largest absolute Gasteiger partial charge is 0.458 e. The minimum atomic E-state index is -4.56. The van der Waals surface area contributed by atoms with E-state index in [4.69, 9.17) is 14.2 Å². The third-order valence-electron chi connectivity index (χ3n) is 17.2. The molecule has 29 heteroatoms. The molecule has 6 rings (SSSR count). The minimum absolute atomic E-state index is 0.259. The SMILES string of the molecule is CC(OC(=O)C1CCN(C(=O)OC(C)(C)C)CC1)C(F)(F)F.CCC(C)(C)C(=O)OC(C)C(F)(F)F.CCC(C)(C)OC(=O)N1CCC(OC(=O)C(F)(F)CC)CC1.CCC(C)c1ccc(C(C)(C)C)cc1.CCN(CC)CC[Si](C)(C)C.Fc1c(F)c(F)c(-c2nc3ccccc3[nH]2)c(F)c1F. The first-order valence-corrected chi connectivity index (χ1v) is 38.7. The van der Waals surface area contributed by atoms with E-state index in [0.29, 0.717) is 55.7 Å². The number of halogens is 13. The number of imidazole rings is 1. The molecule has 1 aromatic heterocycles. The summed E-state index contributed by atoms with van der Waals surface area (Å²) in [6.45, 7) is 46.5. The number of carbonyl (C=O) groups is 5. The fraction of sp³-hybridized carbons (Fsp3) is 0.676. The number of alkyl halides is 8. The summed E-state index contributed by atoms with van der Waals surface area (Å²) < 4.78 is 190. The topological polar surface area (TPSA) is 170 Å². The first-order valence-electron chi connectivity index (χ1n) is 35.0. The highest BCUT2D eigenvalue weighted by atomic mass is 28.3. The van der Waals surface area contributed by atoms with Gasteiger partial charge in [-0.25, -0.2) is 41.3 Å². The predicted octanol–water partition coefficient (Wildman–Crippen LogP) is 20.5. The molecule has 2 saturated heterocycles. The minimum Gasteiger partial charge on any atom is -0.458 e. The number of hydrogen-bond acceptors (Lipinski definition) is 12. The number of ether oxygens (including phenoxy) is 5. The van der Waals surface area contributed by atoms with Gasteiger partial charge in [-0.3, -0.25) is 9.59 Å². The van der Waals surface area contributed by atoms with E-state index in [2.05, 4.69) is 117 Å². The number of benzene rings is 3. The lowest BCUT2D eigenvalue weighted by Gasteiger charge is -2.34. The number of carbonyl (C=O) groups excluding carboxylic acids is 5. The van der Waals surface area contributed by atoms with Crippen molar-refractivity contribution in [3.05, 3.63) is 88.7 Å². The van der Waals surface area contributed by atoms with Crippen LogP contribution in [0.3, 0.4) is 0 Å². The average Bonchev–Trinajstić information content (AvgIpc) is 1.72. The van der Waals surface area contributed by atoms with Gasteiger partial charge in [0.15, 0.2) is 35.5 Å². The van der Waals surface area contributed by atoms with Crippen molar-refractivity contribution in [1.82, 2.24) is 24.7 Å². The van der Waals surface area contributed by atoms with Crippen molar-refractivity contribution in [3.63, 3.8) is 0 Å². The maximum Gasteiger partial charge on any atom is 0.425 e. The lowest BCUT2D eigenvalue weighted by molar-refractivity contribution is -0.221. The number of piperidine rings is 2. The number of nitrogens with zero attached hydrogens (tertiary/aromatic N) is 4. The Balaban J connectivity index is 0.000000628. The molecule has 15 nitrogen and oxygen atoms in total. The van der Waals surface area contributed by atoms with Crippen LogP contribution in [0.1, 0.15) is 200 Å². The molecule has 0 radical (unpaired) electrons. The van der Waals surface area contributed by atoms with Gasteiger partial charge in [-0.05, 0) is 155 Å². The van der Waals surface area contributed by atoms with Crippen molar-refractivity contribution >= 4 is 49.2 Å². The fourth-order valence-electron chi connectivity index (χ4n) is 8.87. The second-order valence-electron chi connectivity index (χ2n) is 29.9. The summed E-state index contributed by atoms with van der Waals surface area (Å²) >= 11 is 0. The number of hydrogen-bond donors (Lipinski definition) is 1. The van der Waals surface area contributed by atoms with E-state index in [1.807, 2.05) is 20.8 Å². The van der Waals surface area contributed by atoms with Crippen LogP contribution in [0.5, 0.6) is 0 Å². The summed E-state index contributed by atoms with van der Waals surface area (Å²) in [6.07, 6.45) is -11.7. The van der Waals surface area contributed by atoms with E-state index in [1.54, 1.807) is 65.8 Å². The van der Waals surface area contributed by atoms with Crippen molar-refractivity contribution in [1.29, 1.82) is 0 Å². The van der Waals surface area contributed by atoms with Gasteiger partial charge in [0.25, 0.3) is 0 Å². The van der Waals surface area contributed by atoms with Crippen LogP contribution in [0, 0.1) is 40.4 Å². The quantitative estimate of drug-likeness (QED) is 0.0250. The Bertz CT molecular complexity index is 3210. The molecule has 103 heavy (non-hydrogen) atoms. The zero-order valence-corrected chi connectivity index (χ0v) is 65.1. The smallest absolute Gasteiger partial charge is 0.425 e. The average molecular weight is 1510 g/mol. The van der Waals surface area contributed by atoms with Crippen molar-refractivity contribution in [2.24, 2.45) is 11.3 Å². The number of aromatic nitrogens is 2. The molecule has 2 aliphatic rings. The number of nitrogens with one attached hydrogen (secondary N) is 1. The van der Waals surface area contributed by atoms with Crippen molar-refractivity contribution in [2.45, 2.75) is 268 Å². The predicted molar refractivity (Wildman–Crippen MR) is 376 cm³/mol. The Labute approximate surface area is 601 Å². The maximum atomic E-state index is 13.6. The Hall–Kier alpha value is -6.65. The number of rotatable bonds is 18. The Kier molecular flexibility index (Phi) is 37.3. The van der Waals surface area contributed by atoms with Gasteiger partial charge in [-0.1, -0.05) is 125 Å². The van der Waals surface area contributed by atoms with Crippen molar-refractivity contribution < 1.29 is 105 Å². The zero-order chi connectivity index (χ0) is 79.8. The molecule has 3 heterocycles. The molecule has 1 N–H and O–H groups in total. The molecule has 2 amide bonds. The first-order chi connectivity index (χ1) is 47.1. The highest BCUT2D eigenvalue weighted by Crippen LogP contribution is 2.34. The summed E-state index contributed by atoms with van der Waals surface area (Å²) in [5.74, 6) is -17.0. The highest BCUT2D eigenvalue weighted by molar-refractivity contribution is 6.76. The van der Waals surface area contributed by atoms with E-state index in [1.165, 1.54) is 59.9 Å². The number of fused-ring (bicyclic) bond motifs is 1. The number of aromatic amines is 1. The van der Waals surface area contributed by atoms with E-state index in [0.717, 1.165) is 13.8 Å². The van der Waals surface area contributed by atoms with Crippen LogP contribution in [0.4, 0.5) is 66.7 Å². The molecule has 0 spiro atoms. The molecule has 3 aromatic carbocycles. The van der Waals surface area contributed by atoms with Crippen LogP contribution in [-0.2, 0) is 43.5 Å². The fourth-order valence-corrected chi connectivity index (χ4v) is 9.86. The summed E-state index contributed by atoms with van der Waals surface area (Å²) in [6, 6.07) is 16.9. The van der Waals surface area contributed by atoms with Gasteiger partial charge in [0.05, 0.1) is 27.9 Å². The standard InChI is InChI=1S/C15H25F2NO4.C14H22F3NO4.C14H22.C13H5F5N2.C9H15F3O2.C9H23NSi/c1-5-14(3,4)22-13(20)18-9-7-11(8-10-18)21-12(19)15(16,17)6-2;1-9(14(15,16)17)21-11(19)10-5-7-18(8-6-10)12(20)22-13(2,3)4;1-6-11(2)12-7-9-13(10-8-12)14(3,4)5;14-8-7(9(15)11(17)12(18)10(8)16)13-19-5-3-1-2-4-6(5)20-13;1-5-8(3,4)7(13)14-6(2)9(10,11)12;1-6-10(7-2)8-9-11(3,4)5/h11H,5-10H2,1-4H3;9-10H,5-8H2,1-4H3;7-11H,6H2,1-5H3;1-4H,(H,19,20);6H,5H2,1-4H3;6-9H2,1-5H3. The van der Waals surface area contributed by atoms with Crippen LogP contribution in [0.2, 0.25) is 25.7 Å². The third-order valence-corrected chi connectivity index (χ3v) is 18.9. The van der Waals surface area contributed by atoms with Crippen LogP contribution in [0.25, 0.3) is 22.4 Å². The van der Waals surface area contributed by atoms with Gasteiger partial charge in [0.1, 0.15) is 23.1 Å². The Morgan fingerprint density at radius 1 is 0.592 bits per heavy atom. The lowest BCUT2D eigenvalue weighted by atomic mass is 9.85. The monoisotopic (exact) mass is 1510 g/mol. The van der Waals surface area contributed by atoms with Gasteiger partial charge in [0, 0.05) is 53.5 Å². The second kappa shape index (κ2) is 40.7. The lowest BCUT2D eigenvalue weighted by Crippen LogP contribution is -2.45. The molecule has 0 saturated carbocycles. The normalized spacial score (nSPS) is 15.2. The van der Waals surface area contributed by atoms with E-state index in [-0.39, 0.29) is 31.3 Å². The molecule has 588 valence electrons. The molecule has 2 fully saturated rings. The third kappa shape index (κ3) is 32.7. The first kappa shape index (κ1) is 94.4. The van der Waals surface area contributed by atoms with Gasteiger partial charge >= 0.3 is 48.4 Å². The van der Waals surface area contributed by atoms with Crippen LogP contribution < -0.4 is 0 Å². The summed E-state index contributed by atoms with van der Waals surface area (Å²) in [5.41, 5.74) is 0.840. The van der Waals surface area contributed by atoms with Crippen molar-refractivity contribution in [3.8, 4) is 11.4 Å². The number of H-pyrrole nitrogens is 1. The highest BCUT2D eigenvalue weighted by Gasteiger charge is 2.44. The molecule has 4 aromatic rings. The number of esters is 3.